The van der Waals surface area contributed by atoms with Gasteiger partial charge in [0.25, 0.3) is 11.8 Å². The minimum absolute atomic E-state index is 0.0776. The van der Waals surface area contributed by atoms with Crippen molar-refractivity contribution < 1.29 is 23.9 Å². The zero-order valence-corrected chi connectivity index (χ0v) is 14.5. The van der Waals surface area contributed by atoms with Crippen molar-refractivity contribution in [2.45, 2.75) is 25.5 Å². The van der Waals surface area contributed by atoms with Crippen LogP contribution in [0.5, 0.6) is 5.75 Å². The molecule has 0 spiro atoms. The van der Waals surface area contributed by atoms with E-state index in [1.165, 1.54) is 6.07 Å². The number of fused-ring (bicyclic) bond motifs is 1. The van der Waals surface area contributed by atoms with Crippen LogP contribution in [0.15, 0.2) is 30.6 Å². The van der Waals surface area contributed by atoms with Crippen LogP contribution in [0.3, 0.4) is 0 Å². The van der Waals surface area contributed by atoms with Gasteiger partial charge < -0.3 is 4.74 Å². The highest BCUT2D eigenvalue weighted by molar-refractivity contribution is 6.24. The van der Waals surface area contributed by atoms with E-state index in [-0.39, 0.29) is 36.3 Å². The number of ether oxygens (including phenoxy) is 1. The average molecular weight is 368 g/mol. The summed E-state index contributed by atoms with van der Waals surface area (Å²) in [4.78, 5) is 50.0. The van der Waals surface area contributed by atoms with Gasteiger partial charge in [0.15, 0.2) is 0 Å². The Labute approximate surface area is 153 Å². The van der Waals surface area contributed by atoms with Gasteiger partial charge >= 0.3 is 0 Å². The molecule has 9 nitrogen and oxygen atoms in total. The second-order valence-corrected chi connectivity index (χ2v) is 6.44. The van der Waals surface area contributed by atoms with Gasteiger partial charge in [-0.15, -0.1) is 0 Å². The summed E-state index contributed by atoms with van der Waals surface area (Å²) in [7, 11) is 1.78. The van der Waals surface area contributed by atoms with Crippen LogP contribution in [0.2, 0.25) is 0 Å². The molecular weight excluding hydrogens is 352 g/mol. The maximum atomic E-state index is 12.9. The lowest BCUT2D eigenvalue weighted by Gasteiger charge is -2.27. The summed E-state index contributed by atoms with van der Waals surface area (Å²) in [6.07, 6.45) is 3.62. The molecular formula is C18H16N4O5. The molecule has 1 unspecified atom stereocenters. The number of rotatable bonds is 4. The predicted molar refractivity (Wildman–Crippen MR) is 90.7 cm³/mol. The molecule has 0 bridgehead atoms. The van der Waals surface area contributed by atoms with Crippen LogP contribution in [0.4, 0.5) is 0 Å². The van der Waals surface area contributed by atoms with Gasteiger partial charge in [0.2, 0.25) is 11.8 Å². The normalized spacial score (nSPS) is 19.3. The summed E-state index contributed by atoms with van der Waals surface area (Å²) in [5, 5.41) is 6.22. The molecule has 138 valence electrons. The number of aryl methyl sites for hydroxylation is 1. The van der Waals surface area contributed by atoms with E-state index in [2.05, 4.69) is 10.4 Å². The number of carbonyl (C=O) groups excluding carboxylic acids is 4. The SMILES string of the molecule is Cn1cc(COc2cccc3c2C(=O)N(C2CCC(=O)NC2=O)C3=O)cn1. The summed E-state index contributed by atoms with van der Waals surface area (Å²) in [6, 6.07) is 3.75. The molecule has 2 aromatic rings. The predicted octanol–water partition coefficient (Wildman–Crippen LogP) is 0.400. The molecule has 4 amide bonds. The number of piperidine rings is 1. The molecule has 2 aliphatic rings. The fourth-order valence-electron chi connectivity index (χ4n) is 3.31. The number of benzene rings is 1. The fraction of sp³-hybridized carbons (Fsp3) is 0.278. The molecule has 2 aliphatic heterocycles. The number of aromatic nitrogens is 2. The summed E-state index contributed by atoms with van der Waals surface area (Å²) >= 11 is 0. The van der Waals surface area contributed by atoms with Crippen molar-refractivity contribution >= 4 is 23.6 Å². The third-order valence-corrected chi connectivity index (χ3v) is 4.58. The Hall–Kier alpha value is -3.49. The molecule has 3 heterocycles. The Morgan fingerprint density at radius 3 is 2.74 bits per heavy atom. The van der Waals surface area contributed by atoms with Gasteiger partial charge in [-0.25, -0.2) is 0 Å². The molecule has 1 aromatic carbocycles. The standard InChI is InChI=1S/C18H16N4O5/c1-21-8-10(7-19-21)9-27-13-4-2-3-11-15(13)18(26)22(17(11)25)12-5-6-14(23)20-16(12)24/h2-4,7-8,12H,5-6,9H2,1H3,(H,20,23,24). The highest BCUT2D eigenvalue weighted by atomic mass is 16.5. The third kappa shape index (κ3) is 2.86. The first-order chi connectivity index (χ1) is 13.0. The molecule has 0 aliphatic carbocycles. The quantitative estimate of drug-likeness (QED) is 0.782. The van der Waals surface area contributed by atoms with E-state index in [1.807, 2.05) is 0 Å². The summed E-state index contributed by atoms with van der Waals surface area (Å²) < 4.78 is 7.37. The number of hydrogen-bond donors (Lipinski definition) is 1. The lowest BCUT2D eigenvalue weighted by atomic mass is 10.0. The summed E-state index contributed by atoms with van der Waals surface area (Å²) in [6.45, 7) is 0.185. The van der Waals surface area contributed by atoms with Crippen molar-refractivity contribution in [3.63, 3.8) is 0 Å². The Bertz CT molecular complexity index is 980. The molecule has 1 N–H and O–H groups in total. The van der Waals surface area contributed by atoms with Crippen molar-refractivity contribution in [3.05, 3.63) is 47.3 Å². The van der Waals surface area contributed by atoms with Gasteiger partial charge in [-0.3, -0.25) is 34.1 Å². The number of carbonyl (C=O) groups is 4. The number of nitrogens with one attached hydrogen (secondary N) is 1. The lowest BCUT2D eigenvalue weighted by Crippen LogP contribution is -2.54. The first kappa shape index (κ1) is 17.0. The van der Waals surface area contributed by atoms with E-state index >= 15 is 0 Å². The molecule has 1 fully saturated rings. The van der Waals surface area contributed by atoms with Crippen LogP contribution in [-0.2, 0) is 23.2 Å². The van der Waals surface area contributed by atoms with Crippen LogP contribution in [0, 0.1) is 0 Å². The van der Waals surface area contributed by atoms with Crippen molar-refractivity contribution in [1.82, 2.24) is 20.0 Å². The maximum absolute atomic E-state index is 12.9. The van der Waals surface area contributed by atoms with Gasteiger partial charge in [0, 0.05) is 25.2 Å². The van der Waals surface area contributed by atoms with Gasteiger partial charge in [-0.05, 0) is 18.6 Å². The van der Waals surface area contributed by atoms with E-state index < -0.39 is 29.7 Å². The Balaban J connectivity index is 1.61. The lowest BCUT2D eigenvalue weighted by molar-refractivity contribution is -0.136. The third-order valence-electron chi connectivity index (χ3n) is 4.58. The number of amides is 4. The molecule has 1 atom stereocenters. The molecule has 9 heteroatoms. The van der Waals surface area contributed by atoms with Crippen LogP contribution in [0.1, 0.15) is 39.1 Å². The zero-order valence-electron chi connectivity index (χ0n) is 14.5. The monoisotopic (exact) mass is 368 g/mol. The first-order valence-electron chi connectivity index (χ1n) is 8.40. The second-order valence-electron chi connectivity index (χ2n) is 6.44. The van der Waals surface area contributed by atoms with Crippen molar-refractivity contribution in [2.75, 3.05) is 0 Å². The van der Waals surface area contributed by atoms with Gasteiger partial charge in [0.1, 0.15) is 18.4 Å². The van der Waals surface area contributed by atoms with Crippen molar-refractivity contribution in [3.8, 4) is 5.75 Å². The molecule has 1 aromatic heterocycles. The highest BCUT2D eigenvalue weighted by Gasteiger charge is 2.45. The topological polar surface area (TPSA) is 111 Å². The fourth-order valence-corrected chi connectivity index (χ4v) is 3.31. The van der Waals surface area contributed by atoms with Crippen LogP contribution < -0.4 is 10.1 Å². The zero-order chi connectivity index (χ0) is 19.1. The smallest absolute Gasteiger partial charge is 0.266 e. The molecule has 27 heavy (non-hydrogen) atoms. The van der Waals surface area contributed by atoms with E-state index in [0.29, 0.717) is 0 Å². The number of nitrogens with zero attached hydrogens (tertiary/aromatic N) is 3. The maximum Gasteiger partial charge on any atom is 0.266 e. The summed E-state index contributed by atoms with van der Waals surface area (Å²) in [5.74, 6) is -1.93. The van der Waals surface area contributed by atoms with Crippen LogP contribution >= 0.6 is 0 Å². The van der Waals surface area contributed by atoms with Gasteiger partial charge in [-0.2, -0.15) is 5.10 Å². The second kappa shape index (κ2) is 6.35. The minimum atomic E-state index is -0.999. The minimum Gasteiger partial charge on any atom is -0.488 e. The van der Waals surface area contributed by atoms with Gasteiger partial charge in [-0.1, -0.05) is 6.07 Å². The highest BCUT2D eigenvalue weighted by Crippen LogP contribution is 2.33. The summed E-state index contributed by atoms with van der Waals surface area (Å²) in [5.41, 5.74) is 1.14. The Morgan fingerprint density at radius 2 is 2.04 bits per heavy atom. The van der Waals surface area contributed by atoms with E-state index in [9.17, 15) is 19.2 Å². The average Bonchev–Trinajstić information content (AvgIpc) is 3.16. The van der Waals surface area contributed by atoms with Crippen molar-refractivity contribution in [1.29, 1.82) is 0 Å². The van der Waals surface area contributed by atoms with Crippen LogP contribution in [0.25, 0.3) is 0 Å². The van der Waals surface area contributed by atoms with Gasteiger partial charge in [0.05, 0.1) is 17.3 Å². The van der Waals surface area contributed by atoms with E-state index in [0.717, 1.165) is 10.5 Å². The molecule has 1 saturated heterocycles. The van der Waals surface area contributed by atoms with E-state index in [1.54, 1.807) is 36.3 Å². The molecule has 0 radical (unpaired) electrons. The first-order valence-corrected chi connectivity index (χ1v) is 8.40. The molecule has 0 saturated carbocycles. The van der Waals surface area contributed by atoms with Crippen LogP contribution in [-0.4, -0.2) is 44.4 Å². The number of imide groups is 2. The molecule has 4 rings (SSSR count). The Kier molecular flexibility index (Phi) is 3.98. The largest absolute Gasteiger partial charge is 0.488 e. The van der Waals surface area contributed by atoms with E-state index in [4.69, 9.17) is 4.74 Å². The number of hydrogen-bond acceptors (Lipinski definition) is 6. The van der Waals surface area contributed by atoms with Crippen molar-refractivity contribution in [2.24, 2.45) is 7.05 Å². The Morgan fingerprint density at radius 1 is 1.22 bits per heavy atom.